The Morgan fingerprint density at radius 3 is 2.59 bits per heavy atom. The summed E-state index contributed by atoms with van der Waals surface area (Å²) in [4.78, 5) is 4.31. The third kappa shape index (κ3) is 4.87. The molecule has 0 saturated heterocycles. The van der Waals surface area contributed by atoms with Gasteiger partial charge in [0, 0.05) is 13.2 Å². The summed E-state index contributed by atoms with van der Waals surface area (Å²) >= 11 is 0. The van der Waals surface area contributed by atoms with Crippen LogP contribution in [0.1, 0.15) is 25.0 Å². The van der Waals surface area contributed by atoms with Crippen molar-refractivity contribution in [1.82, 2.24) is 5.32 Å². The number of nitrogens with zero attached hydrogens (tertiary/aromatic N) is 1. The average Bonchev–Trinajstić information content (AvgIpc) is 2.27. The summed E-state index contributed by atoms with van der Waals surface area (Å²) in [5, 5.41) is 3.06. The van der Waals surface area contributed by atoms with Crippen LogP contribution in [0.25, 0.3) is 0 Å². The summed E-state index contributed by atoms with van der Waals surface area (Å²) in [6, 6.07) is 8.38. The van der Waals surface area contributed by atoms with Crippen LogP contribution in [0, 0.1) is 0 Å². The maximum absolute atomic E-state index is 5.75. The lowest BCUT2D eigenvalue weighted by atomic mass is 10.1. The minimum atomic E-state index is 0.299. The maximum Gasteiger partial charge on any atom is 0.189 e. The molecule has 0 saturated carbocycles. The Morgan fingerprint density at radius 1 is 1.35 bits per heavy atom. The molecule has 4 nitrogen and oxygen atoms in total. The van der Waals surface area contributed by atoms with Gasteiger partial charge in [0.2, 0.25) is 0 Å². The number of rotatable bonds is 5. The number of nitrogens with one attached hydrogen (secondary N) is 1. The first-order chi connectivity index (χ1) is 8.13. The van der Waals surface area contributed by atoms with Gasteiger partial charge in [-0.05, 0) is 25.0 Å². The molecule has 94 valence electrons. The van der Waals surface area contributed by atoms with Crippen molar-refractivity contribution >= 4 is 5.96 Å². The number of guanidine groups is 1. The highest BCUT2D eigenvalue weighted by molar-refractivity contribution is 5.78. The predicted molar refractivity (Wildman–Crippen MR) is 70.8 cm³/mol. The number of hydrogen-bond acceptors (Lipinski definition) is 2. The maximum atomic E-state index is 5.75. The molecule has 0 aliphatic rings. The van der Waals surface area contributed by atoms with Gasteiger partial charge in [-0.15, -0.1) is 0 Å². The third-order valence-corrected chi connectivity index (χ3v) is 2.27. The van der Waals surface area contributed by atoms with Crippen LogP contribution in [0.4, 0.5) is 0 Å². The van der Waals surface area contributed by atoms with Crippen molar-refractivity contribution in [3.05, 3.63) is 35.4 Å². The van der Waals surface area contributed by atoms with Gasteiger partial charge in [-0.2, -0.15) is 0 Å². The molecule has 0 aliphatic carbocycles. The Balaban J connectivity index is 2.67. The van der Waals surface area contributed by atoms with E-state index in [4.69, 9.17) is 10.5 Å². The van der Waals surface area contributed by atoms with E-state index < -0.39 is 0 Å². The molecule has 4 heteroatoms. The Hall–Kier alpha value is -1.55. The van der Waals surface area contributed by atoms with Crippen LogP contribution in [0.2, 0.25) is 0 Å². The SMILES string of the molecule is COCc1ccccc1CN=C(N)NC(C)C. The van der Waals surface area contributed by atoms with Crippen molar-refractivity contribution in [3.63, 3.8) is 0 Å². The predicted octanol–water partition coefficient (Wildman–Crippen LogP) is 1.65. The highest BCUT2D eigenvalue weighted by Gasteiger charge is 2.01. The smallest absolute Gasteiger partial charge is 0.189 e. The summed E-state index contributed by atoms with van der Waals surface area (Å²) in [7, 11) is 1.69. The number of nitrogens with two attached hydrogens (primary N) is 1. The van der Waals surface area contributed by atoms with Crippen LogP contribution in [0.15, 0.2) is 29.3 Å². The largest absolute Gasteiger partial charge is 0.380 e. The van der Waals surface area contributed by atoms with Gasteiger partial charge in [0.25, 0.3) is 0 Å². The first-order valence-electron chi connectivity index (χ1n) is 5.75. The molecule has 0 atom stereocenters. The molecule has 1 aromatic carbocycles. The summed E-state index contributed by atoms with van der Waals surface area (Å²) in [6.07, 6.45) is 0. The lowest BCUT2D eigenvalue weighted by molar-refractivity contribution is 0.184. The number of methoxy groups -OCH3 is 1. The Labute approximate surface area is 103 Å². The molecule has 0 aliphatic heterocycles. The first kappa shape index (κ1) is 13.5. The minimum absolute atomic E-state index is 0.299. The van der Waals surface area contributed by atoms with Crippen LogP contribution < -0.4 is 11.1 Å². The van der Waals surface area contributed by atoms with E-state index in [1.807, 2.05) is 38.1 Å². The molecule has 0 unspecified atom stereocenters. The first-order valence-corrected chi connectivity index (χ1v) is 5.75. The molecule has 0 radical (unpaired) electrons. The molecule has 0 fully saturated rings. The van der Waals surface area contributed by atoms with Crippen molar-refractivity contribution in [2.24, 2.45) is 10.7 Å². The summed E-state index contributed by atoms with van der Waals surface area (Å²) in [5.74, 6) is 0.479. The van der Waals surface area contributed by atoms with Gasteiger partial charge in [0.1, 0.15) is 0 Å². The van der Waals surface area contributed by atoms with Crippen molar-refractivity contribution in [2.75, 3.05) is 7.11 Å². The lowest BCUT2D eigenvalue weighted by Gasteiger charge is -2.10. The highest BCUT2D eigenvalue weighted by Crippen LogP contribution is 2.10. The average molecular weight is 235 g/mol. The van der Waals surface area contributed by atoms with Crippen molar-refractivity contribution in [1.29, 1.82) is 0 Å². The van der Waals surface area contributed by atoms with E-state index in [2.05, 4.69) is 10.3 Å². The van der Waals surface area contributed by atoms with E-state index >= 15 is 0 Å². The number of aliphatic imine (C=N–C) groups is 1. The van der Waals surface area contributed by atoms with Gasteiger partial charge in [0.15, 0.2) is 5.96 Å². The Bertz CT molecular complexity index is 375. The van der Waals surface area contributed by atoms with Gasteiger partial charge >= 0.3 is 0 Å². The molecule has 17 heavy (non-hydrogen) atoms. The zero-order valence-corrected chi connectivity index (χ0v) is 10.7. The molecule has 1 aromatic rings. The Morgan fingerprint density at radius 2 is 2.00 bits per heavy atom. The van der Waals surface area contributed by atoms with Crippen molar-refractivity contribution < 1.29 is 4.74 Å². The molecule has 0 aromatic heterocycles. The summed E-state index contributed by atoms with van der Waals surface area (Å²) < 4.78 is 5.14. The van der Waals surface area contributed by atoms with E-state index in [9.17, 15) is 0 Å². The van der Waals surface area contributed by atoms with E-state index in [1.54, 1.807) is 7.11 Å². The van der Waals surface area contributed by atoms with Crippen molar-refractivity contribution in [3.8, 4) is 0 Å². The summed E-state index contributed by atoms with van der Waals surface area (Å²) in [6.45, 7) is 5.23. The molecular weight excluding hydrogens is 214 g/mol. The van der Waals surface area contributed by atoms with Crippen LogP contribution in [0.3, 0.4) is 0 Å². The fourth-order valence-corrected chi connectivity index (χ4v) is 1.52. The quantitative estimate of drug-likeness (QED) is 0.602. The minimum Gasteiger partial charge on any atom is -0.380 e. The van der Waals surface area contributed by atoms with Crippen LogP contribution in [-0.2, 0) is 17.9 Å². The summed E-state index contributed by atoms with van der Waals surface area (Å²) in [5.41, 5.74) is 8.04. The third-order valence-electron chi connectivity index (χ3n) is 2.27. The number of hydrogen-bond donors (Lipinski definition) is 2. The fraction of sp³-hybridized carbons (Fsp3) is 0.462. The van der Waals surface area contributed by atoms with Gasteiger partial charge in [-0.25, -0.2) is 4.99 Å². The Kier molecular flexibility index (Phi) is 5.49. The monoisotopic (exact) mass is 235 g/mol. The molecule has 0 bridgehead atoms. The zero-order chi connectivity index (χ0) is 12.7. The van der Waals surface area contributed by atoms with Gasteiger partial charge in [-0.3, -0.25) is 0 Å². The second-order valence-corrected chi connectivity index (χ2v) is 4.20. The van der Waals surface area contributed by atoms with E-state index in [0.717, 1.165) is 11.1 Å². The lowest BCUT2D eigenvalue weighted by Crippen LogP contribution is -2.36. The van der Waals surface area contributed by atoms with Gasteiger partial charge < -0.3 is 15.8 Å². The number of benzene rings is 1. The number of ether oxygens (including phenoxy) is 1. The van der Waals surface area contributed by atoms with Crippen LogP contribution in [-0.4, -0.2) is 19.1 Å². The standard InChI is InChI=1S/C13H21N3O/c1-10(2)16-13(14)15-8-11-6-4-5-7-12(11)9-17-3/h4-7,10H,8-9H2,1-3H3,(H3,14,15,16). The topological polar surface area (TPSA) is 59.6 Å². The van der Waals surface area contributed by atoms with Crippen LogP contribution in [0.5, 0.6) is 0 Å². The van der Waals surface area contributed by atoms with E-state index in [1.165, 1.54) is 0 Å². The van der Waals surface area contributed by atoms with Gasteiger partial charge in [0.05, 0.1) is 13.2 Å². The second-order valence-electron chi connectivity index (χ2n) is 4.20. The highest BCUT2D eigenvalue weighted by atomic mass is 16.5. The molecule has 0 spiro atoms. The molecular formula is C13H21N3O. The van der Waals surface area contributed by atoms with E-state index in [0.29, 0.717) is 25.2 Å². The second kappa shape index (κ2) is 6.91. The molecule has 0 heterocycles. The molecule has 3 N–H and O–H groups in total. The molecule has 1 rings (SSSR count). The van der Waals surface area contributed by atoms with E-state index in [-0.39, 0.29) is 0 Å². The zero-order valence-electron chi connectivity index (χ0n) is 10.7. The van der Waals surface area contributed by atoms with Gasteiger partial charge in [-0.1, -0.05) is 24.3 Å². The fourth-order valence-electron chi connectivity index (χ4n) is 1.52. The normalized spacial score (nSPS) is 11.9. The van der Waals surface area contributed by atoms with Crippen LogP contribution >= 0.6 is 0 Å². The molecule has 0 amide bonds. The van der Waals surface area contributed by atoms with Crippen molar-refractivity contribution in [2.45, 2.75) is 33.0 Å².